The SMILES string of the molecule is C[C@@H]1[C@@H](O)C(=O)[C@@H]2C(C)(C)CCC[C@]2(C)[C@@]12CC[C@]1(COC(=O)C1)O2. The van der Waals surface area contributed by atoms with Crippen LogP contribution in [-0.4, -0.2) is 40.8 Å². The average Bonchev–Trinajstić information content (AvgIpc) is 3.08. The largest absolute Gasteiger partial charge is 0.463 e. The summed E-state index contributed by atoms with van der Waals surface area (Å²) < 4.78 is 12.0. The first kappa shape index (κ1) is 17.5. The lowest BCUT2D eigenvalue weighted by molar-refractivity contribution is -0.255. The van der Waals surface area contributed by atoms with Crippen LogP contribution in [0.4, 0.5) is 0 Å². The Hall–Kier alpha value is -0.940. The van der Waals surface area contributed by atoms with Crippen molar-refractivity contribution in [3.05, 3.63) is 0 Å². The Balaban J connectivity index is 1.81. The van der Waals surface area contributed by atoms with E-state index in [0.717, 1.165) is 32.1 Å². The Labute approximate surface area is 149 Å². The van der Waals surface area contributed by atoms with Crippen LogP contribution in [0.15, 0.2) is 0 Å². The first-order chi connectivity index (χ1) is 11.6. The molecule has 2 saturated heterocycles. The number of esters is 1. The number of ether oxygens (including phenoxy) is 2. The lowest BCUT2D eigenvalue weighted by atomic mass is 9.43. The Morgan fingerprint density at radius 2 is 1.80 bits per heavy atom. The summed E-state index contributed by atoms with van der Waals surface area (Å²) in [6.45, 7) is 8.74. The Morgan fingerprint density at radius 1 is 1.08 bits per heavy atom. The first-order valence-corrected chi connectivity index (χ1v) is 9.65. The van der Waals surface area contributed by atoms with Gasteiger partial charge in [-0.25, -0.2) is 0 Å². The molecule has 25 heavy (non-hydrogen) atoms. The molecule has 1 N–H and O–H groups in total. The highest BCUT2D eigenvalue weighted by molar-refractivity contribution is 5.88. The third-order valence-corrected chi connectivity index (χ3v) is 8.00. The van der Waals surface area contributed by atoms with Gasteiger partial charge in [-0.05, 0) is 31.1 Å². The van der Waals surface area contributed by atoms with Gasteiger partial charge in [-0.3, -0.25) is 9.59 Å². The van der Waals surface area contributed by atoms with Crippen LogP contribution in [0.1, 0.15) is 66.2 Å². The molecule has 0 aromatic heterocycles. The number of aliphatic hydroxyl groups is 1. The van der Waals surface area contributed by atoms with E-state index in [4.69, 9.17) is 9.47 Å². The lowest BCUT2D eigenvalue weighted by Crippen LogP contribution is -2.69. The van der Waals surface area contributed by atoms with E-state index in [1.807, 2.05) is 6.92 Å². The number of cyclic esters (lactones) is 1. The van der Waals surface area contributed by atoms with Gasteiger partial charge in [-0.2, -0.15) is 0 Å². The molecule has 0 radical (unpaired) electrons. The number of aliphatic hydroxyl groups excluding tert-OH is 1. The summed E-state index contributed by atoms with van der Waals surface area (Å²) >= 11 is 0. The molecule has 2 saturated carbocycles. The van der Waals surface area contributed by atoms with Crippen molar-refractivity contribution < 1.29 is 24.2 Å². The predicted octanol–water partition coefficient (Wildman–Crippen LogP) is 2.63. The number of ketones is 1. The minimum absolute atomic E-state index is 0.0198. The fourth-order valence-electron chi connectivity index (χ4n) is 6.84. The number of carbonyl (C=O) groups is 2. The van der Waals surface area contributed by atoms with Gasteiger partial charge in [0.25, 0.3) is 0 Å². The topological polar surface area (TPSA) is 72.8 Å². The third-order valence-electron chi connectivity index (χ3n) is 8.00. The molecule has 4 aliphatic rings. The van der Waals surface area contributed by atoms with E-state index in [2.05, 4.69) is 20.8 Å². The van der Waals surface area contributed by atoms with E-state index in [-0.39, 0.29) is 40.8 Å². The van der Waals surface area contributed by atoms with Gasteiger partial charge in [0.15, 0.2) is 5.78 Å². The van der Waals surface area contributed by atoms with Crippen LogP contribution in [0.3, 0.4) is 0 Å². The maximum absolute atomic E-state index is 13.1. The molecule has 0 aromatic rings. The highest BCUT2D eigenvalue weighted by Gasteiger charge is 2.72. The number of hydrogen-bond acceptors (Lipinski definition) is 5. The normalized spacial score (nSPS) is 51.8. The number of hydrogen-bond donors (Lipinski definition) is 1. The molecule has 4 fully saturated rings. The smallest absolute Gasteiger partial charge is 0.308 e. The monoisotopic (exact) mass is 350 g/mol. The summed E-state index contributed by atoms with van der Waals surface area (Å²) in [5, 5.41) is 10.8. The summed E-state index contributed by atoms with van der Waals surface area (Å²) in [5.74, 6) is -0.713. The maximum atomic E-state index is 13.1. The molecule has 0 bridgehead atoms. The van der Waals surface area contributed by atoms with Crippen molar-refractivity contribution in [2.24, 2.45) is 22.7 Å². The predicted molar refractivity (Wildman–Crippen MR) is 90.8 cm³/mol. The second-order valence-electron chi connectivity index (χ2n) is 9.84. The molecule has 4 rings (SSSR count). The molecule has 140 valence electrons. The van der Waals surface area contributed by atoms with Gasteiger partial charge in [0.2, 0.25) is 0 Å². The van der Waals surface area contributed by atoms with Crippen LogP contribution < -0.4 is 0 Å². The summed E-state index contributed by atoms with van der Waals surface area (Å²) in [6, 6.07) is 0. The van der Waals surface area contributed by atoms with Crippen LogP contribution in [-0.2, 0) is 19.1 Å². The van der Waals surface area contributed by atoms with E-state index in [1.165, 1.54) is 0 Å². The quantitative estimate of drug-likeness (QED) is 0.680. The highest BCUT2D eigenvalue weighted by Crippen LogP contribution is 2.67. The lowest BCUT2D eigenvalue weighted by Gasteiger charge is -2.63. The van der Waals surface area contributed by atoms with Crippen molar-refractivity contribution >= 4 is 11.8 Å². The Bertz CT molecular complexity index is 628. The Kier molecular flexibility index (Phi) is 3.54. The van der Waals surface area contributed by atoms with Crippen LogP contribution in [0, 0.1) is 22.7 Å². The van der Waals surface area contributed by atoms with Crippen molar-refractivity contribution in [3.63, 3.8) is 0 Å². The second-order valence-corrected chi connectivity index (χ2v) is 9.84. The molecule has 6 atom stereocenters. The summed E-state index contributed by atoms with van der Waals surface area (Å²) in [4.78, 5) is 24.8. The van der Waals surface area contributed by atoms with Crippen molar-refractivity contribution in [3.8, 4) is 0 Å². The molecular formula is C20H30O5. The van der Waals surface area contributed by atoms with Gasteiger partial charge in [0.05, 0.1) is 12.0 Å². The molecule has 2 aliphatic carbocycles. The van der Waals surface area contributed by atoms with Gasteiger partial charge in [0.1, 0.15) is 18.3 Å². The van der Waals surface area contributed by atoms with Crippen LogP contribution in [0.5, 0.6) is 0 Å². The van der Waals surface area contributed by atoms with Gasteiger partial charge < -0.3 is 14.6 Å². The zero-order chi connectivity index (χ0) is 18.3. The molecule has 2 spiro atoms. The zero-order valence-corrected chi connectivity index (χ0v) is 15.8. The standard InChI is InChI=1S/C20H30O5/c1-12-14(22)15(23)16-17(2,3)6-5-7-18(16,4)20(12)9-8-19(25-20)10-13(21)24-11-19/h12,14,16,22H,5-11H2,1-4H3/t12-,14-,16-,18+,19+,20-/m1/s1. The second kappa shape index (κ2) is 5.07. The van der Waals surface area contributed by atoms with Crippen molar-refractivity contribution in [2.45, 2.75) is 83.5 Å². The van der Waals surface area contributed by atoms with Gasteiger partial charge in [-0.1, -0.05) is 34.1 Å². The highest BCUT2D eigenvalue weighted by atomic mass is 16.6. The molecular weight excluding hydrogens is 320 g/mol. The first-order valence-electron chi connectivity index (χ1n) is 9.65. The number of fused-ring (bicyclic) bond motifs is 2. The van der Waals surface area contributed by atoms with E-state index >= 15 is 0 Å². The minimum Gasteiger partial charge on any atom is -0.463 e. The Morgan fingerprint density at radius 3 is 2.44 bits per heavy atom. The number of Topliss-reactive ketones (excluding diaryl/α,β-unsaturated/α-hetero) is 1. The fourth-order valence-corrected chi connectivity index (χ4v) is 6.84. The summed E-state index contributed by atoms with van der Waals surface area (Å²) in [5.41, 5.74) is -1.61. The van der Waals surface area contributed by atoms with Crippen LogP contribution in [0.2, 0.25) is 0 Å². The van der Waals surface area contributed by atoms with Crippen LogP contribution in [0.25, 0.3) is 0 Å². The van der Waals surface area contributed by atoms with Crippen LogP contribution >= 0.6 is 0 Å². The summed E-state index contributed by atoms with van der Waals surface area (Å²) in [6.07, 6.45) is 3.80. The van der Waals surface area contributed by atoms with Gasteiger partial charge in [0, 0.05) is 17.3 Å². The minimum atomic E-state index is -0.997. The molecule has 0 amide bonds. The number of carbonyl (C=O) groups excluding carboxylic acids is 2. The van der Waals surface area contributed by atoms with Gasteiger partial charge >= 0.3 is 5.97 Å². The molecule has 5 nitrogen and oxygen atoms in total. The average molecular weight is 350 g/mol. The molecule has 0 unspecified atom stereocenters. The van der Waals surface area contributed by atoms with E-state index in [1.54, 1.807) is 0 Å². The van der Waals surface area contributed by atoms with Crippen molar-refractivity contribution in [1.82, 2.24) is 0 Å². The fraction of sp³-hybridized carbons (Fsp3) is 0.900. The molecule has 5 heteroatoms. The number of rotatable bonds is 0. The molecule has 2 aliphatic heterocycles. The molecule has 0 aromatic carbocycles. The van der Waals surface area contributed by atoms with Gasteiger partial charge in [-0.15, -0.1) is 0 Å². The van der Waals surface area contributed by atoms with E-state index in [9.17, 15) is 14.7 Å². The van der Waals surface area contributed by atoms with E-state index < -0.39 is 17.3 Å². The third kappa shape index (κ3) is 2.08. The zero-order valence-electron chi connectivity index (χ0n) is 15.8. The van der Waals surface area contributed by atoms with Crippen molar-refractivity contribution in [2.75, 3.05) is 6.61 Å². The maximum Gasteiger partial charge on any atom is 0.308 e. The summed E-state index contributed by atoms with van der Waals surface area (Å²) in [7, 11) is 0. The van der Waals surface area contributed by atoms with E-state index in [0.29, 0.717) is 6.61 Å². The van der Waals surface area contributed by atoms with Crippen molar-refractivity contribution in [1.29, 1.82) is 0 Å². The molecule has 2 heterocycles.